The number of H-pyrrole nitrogens is 1. The van der Waals surface area contributed by atoms with Gasteiger partial charge in [-0.15, -0.1) is 0 Å². The van der Waals surface area contributed by atoms with E-state index in [0.717, 1.165) is 10.6 Å². The van der Waals surface area contributed by atoms with Crippen molar-refractivity contribution in [1.82, 2.24) is 9.55 Å². The molecule has 1 aromatic rings. The monoisotopic (exact) mass is 452 g/mol. The maximum Gasteiger partial charge on any atom is 0.490 e. The minimum Gasteiger partial charge on any atom is -0.352 e. The Labute approximate surface area is 150 Å². The van der Waals surface area contributed by atoms with E-state index in [0.29, 0.717) is 0 Å². The fraction of sp³-hybridized carbons (Fsp3) is 0.556. The van der Waals surface area contributed by atoms with Gasteiger partial charge in [0.25, 0.3) is 5.56 Å². The maximum atomic E-state index is 11.7. The zero-order valence-electron chi connectivity index (χ0n) is 13.2. The third-order valence-corrected chi connectivity index (χ3v) is 6.89. The van der Waals surface area contributed by atoms with Gasteiger partial charge in [0.2, 0.25) is 0 Å². The average Bonchev–Trinajstić information content (AvgIpc) is 2.90. The second-order valence-corrected chi connectivity index (χ2v) is 9.61. The van der Waals surface area contributed by atoms with Gasteiger partial charge in [-0.3, -0.25) is 18.9 Å². The smallest absolute Gasteiger partial charge is 0.352 e. The van der Waals surface area contributed by atoms with Crippen molar-refractivity contribution in [3.8, 4) is 0 Å². The first-order valence-electron chi connectivity index (χ1n) is 7.02. The van der Waals surface area contributed by atoms with E-state index in [-0.39, 0.29) is 12.8 Å². The van der Waals surface area contributed by atoms with Crippen LogP contribution in [0, 0.1) is 0 Å². The first-order chi connectivity index (χ1) is 12.3. The lowest BCUT2D eigenvalue weighted by Gasteiger charge is -2.18. The molecule has 1 aliphatic heterocycles. The lowest BCUT2D eigenvalue weighted by molar-refractivity contribution is -0.0243. The largest absolute Gasteiger partial charge is 0.490 e. The number of nitrogens with one attached hydrogen (secondary N) is 1. The molecule has 27 heavy (non-hydrogen) atoms. The second kappa shape index (κ2) is 8.19. The highest BCUT2D eigenvalue weighted by Gasteiger charge is 2.41. The van der Waals surface area contributed by atoms with Gasteiger partial charge in [-0.25, -0.2) is 18.5 Å². The third kappa shape index (κ3) is 7.18. The highest BCUT2D eigenvalue weighted by Crippen LogP contribution is 2.66. The van der Waals surface area contributed by atoms with E-state index in [1.54, 1.807) is 0 Å². The van der Waals surface area contributed by atoms with Crippen LogP contribution in [0.5, 0.6) is 0 Å². The lowest BCUT2D eigenvalue weighted by Crippen LogP contribution is -2.31. The van der Waals surface area contributed by atoms with Gasteiger partial charge >= 0.3 is 29.2 Å². The first kappa shape index (κ1) is 22.3. The number of hydrogen-bond donors (Lipinski definition) is 5. The standard InChI is InChI=1S/C9H15N2O13P3/c12-7-3-4-11(9(13)10-7)8-2-1-6(22-8)5-21-26(17,18)24-27(19,20)23-25(14,15)16/h3-4,6,8H,1-2,5H2,(H,17,18)(H,19,20)(H,10,12,13)(H2,14,15,16)/t6-,8+/m1/s1. The molecule has 1 aromatic heterocycles. The van der Waals surface area contributed by atoms with Gasteiger partial charge in [0, 0.05) is 12.3 Å². The van der Waals surface area contributed by atoms with Crippen molar-refractivity contribution in [1.29, 1.82) is 0 Å². The lowest BCUT2D eigenvalue weighted by atomic mass is 10.2. The molecule has 0 spiro atoms. The predicted octanol–water partition coefficient (Wildman–Crippen LogP) is -0.443. The molecule has 0 saturated carbocycles. The van der Waals surface area contributed by atoms with Crippen LogP contribution in [-0.2, 0) is 31.6 Å². The fourth-order valence-corrected chi connectivity index (χ4v) is 5.20. The van der Waals surface area contributed by atoms with Crippen LogP contribution in [0.4, 0.5) is 0 Å². The molecule has 154 valence electrons. The molecule has 2 unspecified atom stereocenters. The zero-order valence-corrected chi connectivity index (χ0v) is 15.9. The molecular weight excluding hydrogens is 437 g/mol. The van der Waals surface area contributed by atoms with Gasteiger partial charge < -0.3 is 24.3 Å². The minimum atomic E-state index is -5.59. The number of phosphoric acid groups is 3. The Morgan fingerprint density at radius 1 is 1.11 bits per heavy atom. The normalized spacial score (nSPS) is 25.0. The Balaban J connectivity index is 1.92. The van der Waals surface area contributed by atoms with Crippen molar-refractivity contribution in [3.05, 3.63) is 33.1 Å². The summed E-state index contributed by atoms with van der Waals surface area (Å²) in [7, 11) is -16.3. The highest BCUT2D eigenvalue weighted by atomic mass is 31.3. The molecule has 1 saturated heterocycles. The summed E-state index contributed by atoms with van der Waals surface area (Å²) in [5.41, 5.74) is -1.32. The molecule has 2 heterocycles. The number of rotatable bonds is 8. The van der Waals surface area contributed by atoms with Gasteiger partial charge in [-0.1, -0.05) is 0 Å². The van der Waals surface area contributed by atoms with E-state index in [4.69, 9.17) is 19.4 Å². The highest BCUT2D eigenvalue weighted by molar-refractivity contribution is 7.66. The maximum absolute atomic E-state index is 11.7. The quantitative estimate of drug-likeness (QED) is 0.316. The molecule has 5 N–H and O–H groups in total. The number of hydrogen-bond acceptors (Lipinski definition) is 9. The van der Waals surface area contributed by atoms with Crippen LogP contribution >= 0.6 is 23.5 Å². The molecule has 0 bridgehead atoms. The van der Waals surface area contributed by atoms with Crippen molar-refractivity contribution in [2.45, 2.75) is 25.2 Å². The van der Waals surface area contributed by atoms with Crippen molar-refractivity contribution in [2.24, 2.45) is 0 Å². The van der Waals surface area contributed by atoms with Gasteiger partial charge in [-0.05, 0) is 12.8 Å². The Bertz CT molecular complexity index is 933. The predicted molar refractivity (Wildman–Crippen MR) is 84.3 cm³/mol. The van der Waals surface area contributed by atoms with E-state index in [2.05, 4.69) is 13.1 Å². The summed E-state index contributed by atoms with van der Waals surface area (Å²) in [5.74, 6) is 0. The van der Waals surface area contributed by atoms with Gasteiger partial charge in [0.05, 0.1) is 12.7 Å². The van der Waals surface area contributed by atoms with Gasteiger partial charge in [0.15, 0.2) is 0 Å². The van der Waals surface area contributed by atoms with Crippen molar-refractivity contribution in [2.75, 3.05) is 6.61 Å². The summed E-state index contributed by atoms with van der Waals surface area (Å²) in [5, 5.41) is 0. The SMILES string of the molecule is O=c1ccn([C@@H]2CC[C@H](COP(=O)(O)OP(=O)(O)OP(=O)(O)O)O2)c(=O)[nH]1. The topological polar surface area (TPSA) is 224 Å². The molecule has 2 rings (SSSR count). The van der Waals surface area contributed by atoms with Gasteiger partial charge in [0.1, 0.15) is 6.23 Å². The number of phosphoric ester groups is 1. The molecule has 15 nitrogen and oxygen atoms in total. The molecule has 1 fully saturated rings. The average molecular weight is 452 g/mol. The van der Waals surface area contributed by atoms with Crippen molar-refractivity contribution >= 4 is 23.5 Å². The number of ether oxygens (including phenoxy) is 1. The van der Waals surface area contributed by atoms with Crippen LogP contribution in [-0.4, -0.2) is 41.8 Å². The first-order valence-corrected chi connectivity index (χ1v) is 11.5. The number of aromatic amines is 1. The van der Waals surface area contributed by atoms with Gasteiger partial charge in [-0.2, -0.15) is 8.62 Å². The zero-order chi connectivity index (χ0) is 20.5. The molecule has 4 atom stereocenters. The van der Waals surface area contributed by atoms with Crippen LogP contribution in [0.2, 0.25) is 0 Å². The number of aromatic nitrogens is 2. The van der Waals surface area contributed by atoms with Crippen LogP contribution in [0.15, 0.2) is 21.9 Å². The third-order valence-electron chi connectivity index (χ3n) is 3.09. The summed E-state index contributed by atoms with van der Waals surface area (Å²) in [6.07, 6.45) is 0.140. The summed E-state index contributed by atoms with van der Waals surface area (Å²) in [6.45, 7) is -0.613. The van der Waals surface area contributed by atoms with E-state index in [1.807, 2.05) is 4.98 Å². The van der Waals surface area contributed by atoms with E-state index in [1.165, 1.54) is 6.20 Å². The molecule has 0 radical (unpaired) electrons. The van der Waals surface area contributed by atoms with Crippen molar-refractivity contribution < 1.29 is 51.2 Å². The van der Waals surface area contributed by atoms with Crippen LogP contribution in [0.25, 0.3) is 0 Å². The van der Waals surface area contributed by atoms with Crippen LogP contribution in [0.3, 0.4) is 0 Å². The minimum absolute atomic E-state index is 0.256. The molecule has 18 heteroatoms. The van der Waals surface area contributed by atoms with Crippen molar-refractivity contribution in [3.63, 3.8) is 0 Å². The molecular formula is C9H15N2O13P3. The summed E-state index contributed by atoms with van der Waals surface area (Å²) in [4.78, 5) is 60.0. The summed E-state index contributed by atoms with van der Waals surface area (Å²) < 4.78 is 51.4. The van der Waals surface area contributed by atoms with E-state index in [9.17, 15) is 28.2 Å². The summed E-state index contributed by atoms with van der Waals surface area (Å²) >= 11 is 0. The fourth-order valence-electron chi connectivity index (χ4n) is 2.15. The Morgan fingerprint density at radius 3 is 2.37 bits per heavy atom. The van der Waals surface area contributed by atoms with E-state index >= 15 is 0 Å². The molecule has 0 aromatic carbocycles. The summed E-state index contributed by atoms with van der Waals surface area (Å²) in [6, 6.07) is 1.10. The Morgan fingerprint density at radius 2 is 1.78 bits per heavy atom. The van der Waals surface area contributed by atoms with E-state index < -0.39 is 53.7 Å². The van der Waals surface area contributed by atoms with Crippen LogP contribution in [0.1, 0.15) is 19.1 Å². The molecule has 1 aliphatic rings. The molecule has 0 aliphatic carbocycles. The molecule has 0 amide bonds. The second-order valence-electron chi connectivity index (χ2n) is 5.19. The Hall–Kier alpha value is -0.950. The Kier molecular flexibility index (Phi) is 6.78. The van der Waals surface area contributed by atoms with Crippen LogP contribution < -0.4 is 11.2 Å². The number of nitrogens with zero attached hydrogens (tertiary/aromatic N) is 1.